The van der Waals surface area contributed by atoms with Gasteiger partial charge in [0.25, 0.3) is 0 Å². The van der Waals surface area contributed by atoms with Crippen LogP contribution in [0.15, 0.2) is 42.5 Å². The van der Waals surface area contributed by atoms with Crippen LogP contribution in [0.4, 0.5) is 0 Å². The summed E-state index contributed by atoms with van der Waals surface area (Å²) < 4.78 is 17.5. The van der Waals surface area contributed by atoms with E-state index in [1.807, 2.05) is 6.92 Å². The fourth-order valence-electron chi connectivity index (χ4n) is 14.3. The summed E-state index contributed by atoms with van der Waals surface area (Å²) in [6.45, 7) is 22.2. The van der Waals surface area contributed by atoms with E-state index in [2.05, 4.69) is 48.1 Å². The number of carbonyl (C=O) groups is 3. The van der Waals surface area contributed by atoms with Crippen molar-refractivity contribution >= 4 is 24.0 Å². The van der Waals surface area contributed by atoms with Crippen molar-refractivity contribution in [1.82, 2.24) is 0 Å². The van der Waals surface area contributed by atoms with Crippen molar-refractivity contribution in [3.8, 4) is 5.75 Å². The lowest BCUT2D eigenvalue weighted by Crippen LogP contribution is -2.67. The van der Waals surface area contributed by atoms with E-state index in [0.29, 0.717) is 55.6 Å². The molecule has 0 amide bonds. The summed E-state index contributed by atoms with van der Waals surface area (Å²) in [6.07, 6.45) is 20.1. The Morgan fingerprint density at radius 2 is 1.44 bits per heavy atom. The molecule has 5 saturated carbocycles. The summed E-state index contributed by atoms with van der Waals surface area (Å²) >= 11 is 0. The Kier molecular flexibility index (Phi) is 13.2. The molecule has 0 heterocycles. The van der Waals surface area contributed by atoms with Gasteiger partial charge in [-0.25, -0.2) is 4.79 Å². The first kappa shape index (κ1) is 43.5. The van der Waals surface area contributed by atoms with Gasteiger partial charge in [0, 0.05) is 29.7 Å². The molecule has 0 spiro atoms. The van der Waals surface area contributed by atoms with Crippen molar-refractivity contribution in [2.24, 2.45) is 56.7 Å². The predicted molar refractivity (Wildman–Crippen MR) is 226 cm³/mol. The quantitative estimate of drug-likeness (QED) is 0.0621. The second-order valence-corrected chi connectivity index (χ2v) is 20.5. The summed E-state index contributed by atoms with van der Waals surface area (Å²) in [5.41, 5.74) is 2.61. The van der Waals surface area contributed by atoms with Gasteiger partial charge in [-0.1, -0.05) is 78.2 Å². The summed E-state index contributed by atoms with van der Waals surface area (Å²) in [5.74, 6) is 2.36. The Hall–Kier alpha value is -3.09. The molecule has 57 heavy (non-hydrogen) atoms. The standard InChI is InChI=1S/C50H74O7/c1-9-55-42(52)15-13-11-10-12-14-16-43(53)56-33-50-30-25-37(34(2)3)45(50)38-22-23-40-47(6)28-27-41(57-44(54)24-19-35-17-20-36(51)21-18-35)46(4,5)39(47)26-29-49(40,8)48(38,7)31-32-50/h17-21,24,37-41,45,51H,2,9-16,22-23,25-33H2,1,3-8H3/t37-,38+,39-,40+,41-,45+,47-,48+,49+,50+/m0/s1. The Bertz CT molecular complexity index is 1640. The third-order valence-corrected chi connectivity index (χ3v) is 17.3. The largest absolute Gasteiger partial charge is 0.508 e. The van der Waals surface area contributed by atoms with E-state index in [1.54, 1.807) is 30.3 Å². The average Bonchev–Trinajstić information content (AvgIpc) is 3.55. The highest BCUT2D eigenvalue weighted by molar-refractivity contribution is 5.87. The zero-order chi connectivity index (χ0) is 41.2. The zero-order valence-corrected chi connectivity index (χ0v) is 36.5. The molecule has 0 saturated heterocycles. The van der Waals surface area contributed by atoms with E-state index in [9.17, 15) is 19.5 Å². The van der Waals surface area contributed by atoms with Crippen LogP contribution in [0.3, 0.4) is 0 Å². The number of unbranched alkanes of at least 4 members (excludes halogenated alkanes) is 4. The van der Waals surface area contributed by atoms with Crippen LogP contribution in [0.2, 0.25) is 0 Å². The van der Waals surface area contributed by atoms with Gasteiger partial charge in [0.05, 0.1) is 13.2 Å². The predicted octanol–water partition coefficient (Wildman–Crippen LogP) is 11.8. The average molecular weight is 787 g/mol. The molecule has 7 nitrogen and oxygen atoms in total. The number of phenolic OH excluding ortho intramolecular Hbond substituents is 1. The minimum Gasteiger partial charge on any atom is -0.508 e. The molecular formula is C50H74O7. The normalized spacial score (nSPS) is 36.6. The third-order valence-electron chi connectivity index (χ3n) is 17.3. The lowest BCUT2D eigenvalue weighted by Gasteiger charge is -2.73. The molecule has 0 unspecified atom stereocenters. The zero-order valence-electron chi connectivity index (χ0n) is 36.5. The molecule has 10 atom stereocenters. The Morgan fingerprint density at radius 1 is 0.772 bits per heavy atom. The molecule has 1 aromatic rings. The fourth-order valence-corrected chi connectivity index (χ4v) is 14.3. The van der Waals surface area contributed by atoms with Gasteiger partial charge in [0.1, 0.15) is 11.9 Å². The fraction of sp³-hybridized carbons (Fsp3) is 0.740. The van der Waals surface area contributed by atoms with Crippen LogP contribution >= 0.6 is 0 Å². The van der Waals surface area contributed by atoms with Crippen molar-refractivity contribution in [1.29, 1.82) is 0 Å². The van der Waals surface area contributed by atoms with Gasteiger partial charge in [-0.15, -0.1) is 0 Å². The van der Waals surface area contributed by atoms with Gasteiger partial charge in [-0.05, 0) is 161 Å². The van der Waals surface area contributed by atoms with E-state index >= 15 is 0 Å². The molecule has 316 valence electrons. The van der Waals surface area contributed by atoms with E-state index < -0.39 is 0 Å². The van der Waals surface area contributed by atoms with Crippen LogP contribution in [0, 0.1) is 56.7 Å². The van der Waals surface area contributed by atoms with Crippen molar-refractivity contribution in [3.05, 3.63) is 48.1 Å². The number of hydrogen-bond acceptors (Lipinski definition) is 7. The molecule has 0 aromatic heterocycles. The molecule has 5 aliphatic rings. The number of ether oxygens (including phenoxy) is 3. The molecule has 5 fully saturated rings. The summed E-state index contributed by atoms with van der Waals surface area (Å²) in [7, 11) is 0. The molecule has 5 aliphatic carbocycles. The van der Waals surface area contributed by atoms with Gasteiger partial charge in [-0.2, -0.15) is 0 Å². The Labute approximate surface area is 344 Å². The molecule has 1 aromatic carbocycles. The number of aromatic hydroxyl groups is 1. The topological polar surface area (TPSA) is 99.1 Å². The summed E-state index contributed by atoms with van der Waals surface area (Å²) in [4.78, 5) is 37.9. The van der Waals surface area contributed by atoms with Gasteiger partial charge in [0.15, 0.2) is 0 Å². The highest BCUT2D eigenvalue weighted by Gasteiger charge is 2.71. The van der Waals surface area contributed by atoms with E-state index in [-0.39, 0.29) is 56.8 Å². The SMILES string of the molecule is C=C(C)[C@@H]1CC[C@]2(COC(=O)CCCCCCCC(=O)OCC)CC[C@]3(C)[C@H](CC[C@@H]4[C@@]5(C)CC[C@H](OC(=O)C=Cc6ccc(O)cc6)C(C)(C)[C@@H]5CC[C@]43C)[C@@H]12. The lowest BCUT2D eigenvalue weighted by atomic mass is 9.32. The first-order chi connectivity index (χ1) is 27.0. The minimum absolute atomic E-state index is 0.0293. The van der Waals surface area contributed by atoms with E-state index in [4.69, 9.17) is 14.2 Å². The van der Waals surface area contributed by atoms with Crippen LogP contribution in [0.5, 0.6) is 5.75 Å². The van der Waals surface area contributed by atoms with Crippen molar-refractivity contribution in [3.63, 3.8) is 0 Å². The maximum Gasteiger partial charge on any atom is 0.331 e. The number of rotatable bonds is 15. The maximum atomic E-state index is 13.2. The maximum absolute atomic E-state index is 13.2. The van der Waals surface area contributed by atoms with Crippen molar-refractivity contribution < 1.29 is 33.7 Å². The van der Waals surface area contributed by atoms with Crippen molar-refractivity contribution in [2.45, 2.75) is 164 Å². The number of phenols is 1. The number of hydrogen-bond donors (Lipinski definition) is 1. The van der Waals surface area contributed by atoms with Crippen LogP contribution < -0.4 is 0 Å². The molecule has 0 bridgehead atoms. The Morgan fingerprint density at radius 3 is 2.11 bits per heavy atom. The molecule has 6 rings (SSSR count). The van der Waals surface area contributed by atoms with E-state index in [0.717, 1.165) is 76.2 Å². The summed E-state index contributed by atoms with van der Waals surface area (Å²) in [5, 5.41) is 9.62. The van der Waals surface area contributed by atoms with Crippen LogP contribution in [-0.2, 0) is 28.6 Å². The highest BCUT2D eigenvalue weighted by atomic mass is 16.5. The molecule has 7 heteroatoms. The summed E-state index contributed by atoms with van der Waals surface area (Å²) in [6, 6.07) is 6.83. The second kappa shape index (κ2) is 17.3. The molecule has 0 radical (unpaired) electrons. The van der Waals surface area contributed by atoms with Crippen LogP contribution in [-0.4, -0.2) is 42.3 Å². The van der Waals surface area contributed by atoms with Gasteiger partial charge < -0.3 is 19.3 Å². The lowest BCUT2D eigenvalue weighted by molar-refractivity contribution is -0.251. The third kappa shape index (κ3) is 8.38. The van der Waals surface area contributed by atoms with Crippen molar-refractivity contribution in [2.75, 3.05) is 13.2 Å². The monoisotopic (exact) mass is 787 g/mol. The number of allylic oxidation sites excluding steroid dienone is 1. The first-order valence-corrected chi connectivity index (χ1v) is 22.6. The molecule has 0 aliphatic heterocycles. The first-order valence-electron chi connectivity index (χ1n) is 22.6. The van der Waals surface area contributed by atoms with Crippen LogP contribution in [0.1, 0.15) is 163 Å². The van der Waals surface area contributed by atoms with Gasteiger partial charge in [0.2, 0.25) is 0 Å². The second-order valence-electron chi connectivity index (χ2n) is 20.5. The number of esters is 3. The number of fused-ring (bicyclic) bond motifs is 7. The van der Waals surface area contributed by atoms with Gasteiger partial charge in [-0.3, -0.25) is 9.59 Å². The molecule has 1 N–H and O–H groups in total. The number of carbonyl (C=O) groups excluding carboxylic acids is 3. The molecular weight excluding hydrogens is 713 g/mol. The van der Waals surface area contributed by atoms with E-state index in [1.165, 1.54) is 37.3 Å². The Balaban J connectivity index is 1.10. The van der Waals surface area contributed by atoms with Gasteiger partial charge >= 0.3 is 17.9 Å². The highest BCUT2D eigenvalue weighted by Crippen LogP contribution is 2.77. The number of benzene rings is 1. The smallest absolute Gasteiger partial charge is 0.331 e. The van der Waals surface area contributed by atoms with Crippen LogP contribution in [0.25, 0.3) is 6.08 Å². The minimum atomic E-state index is -0.294.